The number of nitrogens with zero attached hydrogens (tertiary/aromatic N) is 1. The van der Waals surface area contributed by atoms with E-state index in [0.29, 0.717) is 6.42 Å². The minimum Gasteiger partial charge on any atom is -0.342 e. The third kappa shape index (κ3) is 3.54. The van der Waals surface area contributed by atoms with Crippen LogP contribution in [0.3, 0.4) is 0 Å². The molecule has 1 aliphatic rings. The third-order valence-corrected chi connectivity index (χ3v) is 5.00. The zero-order valence-electron chi connectivity index (χ0n) is 15.1. The molecule has 2 aromatic carbocycles. The maximum absolute atomic E-state index is 14.3. The highest BCUT2D eigenvalue weighted by atomic mass is 19.1. The first-order chi connectivity index (χ1) is 12.9. The number of piperazine rings is 1. The van der Waals surface area contributed by atoms with Gasteiger partial charge in [0.05, 0.1) is 11.6 Å². The Morgan fingerprint density at radius 1 is 1.19 bits per heavy atom. The lowest BCUT2D eigenvalue weighted by atomic mass is 9.83. The molecule has 138 valence electrons. The van der Waals surface area contributed by atoms with Crippen LogP contribution in [0.4, 0.5) is 4.39 Å². The molecule has 3 unspecified atom stereocenters. The zero-order chi connectivity index (χ0) is 19.6. The Bertz CT molecular complexity index is 923. The standard InChI is InChI=1S/C21H20FN3O2/c1-13(17-15(12-23)9-6-10-16(17)22)18-19(26)25-21(2,20(27)24-18)11-14-7-4-3-5-8-14/h3-10,13,18H,11H2,1-2H3,(H,24,27)(H,25,26). The Kier molecular flexibility index (Phi) is 4.95. The van der Waals surface area contributed by atoms with E-state index in [4.69, 9.17) is 0 Å². The van der Waals surface area contributed by atoms with Crippen molar-refractivity contribution in [2.75, 3.05) is 0 Å². The Balaban J connectivity index is 1.85. The van der Waals surface area contributed by atoms with Crippen molar-refractivity contribution in [3.8, 4) is 6.07 Å². The van der Waals surface area contributed by atoms with Crippen molar-refractivity contribution in [1.82, 2.24) is 10.6 Å². The van der Waals surface area contributed by atoms with Gasteiger partial charge >= 0.3 is 0 Å². The summed E-state index contributed by atoms with van der Waals surface area (Å²) in [5.41, 5.74) is 0.110. The summed E-state index contributed by atoms with van der Waals surface area (Å²) in [6, 6.07) is 14.6. The van der Waals surface area contributed by atoms with Gasteiger partial charge in [0.15, 0.2) is 0 Å². The molecule has 0 bridgehead atoms. The van der Waals surface area contributed by atoms with E-state index in [-0.39, 0.29) is 17.0 Å². The molecule has 2 N–H and O–H groups in total. The van der Waals surface area contributed by atoms with Gasteiger partial charge in [0.2, 0.25) is 11.8 Å². The molecule has 0 saturated carbocycles. The molecule has 1 heterocycles. The fourth-order valence-corrected chi connectivity index (χ4v) is 3.52. The van der Waals surface area contributed by atoms with Gasteiger partial charge in [-0.05, 0) is 24.6 Å². The normalized spacial score (nSPS) is 23.1. The second-order valence-corrected chi connectivity index (χ2v) is 7.04. The number of hydrogen-bond acceptors (Lipinski definition) is 3. The van der Waals surface area contributed by atoms with Crippen molar-refractivity contribution < 1.29 is 14.0 Å². The van der Waals surface area contributed by atoms with E-state index < -0.39 is 29.2 Å². The predicted octanol–water partition coefficient (Wildman–Crippen LogP) is 2.42. The Hall–Kier alpha value is -3.20. The molecule has 2 amide bonds. The highest BCUT2D eigenvalue weighted by Crippen LogP contribution is 2.29. The SMILES string of the molecule is CC(c1c(F)cccc1C#N)C1NC(=O)C(C)(Cc2ccccc2)NC1=O. The van der Waals surface area contributed by atoms with Crippen LogP contribution in [0.15, 0.2) is 48.5 Å². The number of halogens is 1. The molecule has 0 radical (unpaired) electrons. The molecule has 3 rings (SSSR count). The van der Waals surface area contributed by atoms with Crippen LogP contribution in [0.2, 0.25) is 0 Å². The molecule has 1 aliphatic heterocycles. The molecule has 6 heteroatoms. The summed E-state index contributed by atoms with van der Waals surface area (Å²) >= 11 is 0. The van der Waals surface area contributed by atoms with Crippen molar-refractivity contribution in [3.05, 3.63) is 71.0 Å². The first-order valence-corrected chi connectivity index (χ1v) is 8.71. The molecule has 5 nitrogen and oxygen atoms in total. The topological polar surface area (TPSA) is 82.0 Å². The summed E-state index contributed by atoms with van der Waals surface area (Å²) in [4.78, 5) is 25.5. The quantitative estimate of drug-likeness (QED) is 0.873. The number of nitriles is 1. The average Bonchev–Trinajstić information content (AvgIpc) is 2.64. The highest BCUT2D eigenvalue weighted by Gasteiger charge is 2.45. The number of nitrogens with one attached hydrogen (secondary N) is 2. The summed E-state index contributed by atoms with van der Waals surface area (Å²) in [7, 11) is 0. The molecule has 0 aliphatic carbocycles. The predicted molar refractivity (Wildman–Crippen MR) is 98.2 cm³/mol. The van der Waals surface area contributed by atoms with Gasteiger partial charge in [-0.15, -0.1) is 0 Å². The Morgan fingerprint density at radius 2 is 1.89 bits per heavy atom. The van der Waals surface area contributed by atoms with Crippen LogP contribution in [-0.2, 0) is 16.0 Å². The number of carbonyl (C=O) groups is 2. The second-order valence-electron chi connectivity index (χ2n) is 7.04. The lowest BCUT2D eigenvalue weighted by Gasteiger charge is -2.39. The van der Waals surface area contributed by atoms with Crippen LogP contribution in [0.25, 0.3) is 0 Å². The summed E-state index contributed by atoms with van der Waals surface area (Å²) in [5.74, 6) is -1.99. The smallest absolute Gasteiger partial charge is 0.246 e. The summed E-state index contributed by atoms with van der Waals surface area (Å²) in [5, 5.41) is 14.8. The van der Waals surface area contributed by atoms with E-state index in [0.717, 1.165) is 5.56 Å². The number of hydrogen-bond donors (Lipinski definition) is 2. The highest BCUT2D eigenvalue weighted by molar-refractivity contribution is 6.00. The minimum atomic E-state index is -1.10. The van der Waals surface area contributed by atoms with Gasteiger partial charge in [0.25, 0.3) is 0 Å². The van der Waals surface area contributed by atoms with Crippen LogP contribution < -0.4 is 10.6 Å². The van der Waals surface area contributed by atoms with Crippen molar-refractivity contribution in [2.24, 2.45) is 0 Å². The van der Waals surface area contributed by atoms with E-state index in [9.17, 15) is 19.2 Å². The van der Waals surface area contributed by atoms with E-state index in [1.54, 1.807) is 13.8 Å². The number of amides is 2. The summed E-state index contributed by atoms with van der Waals surface area (Å²) in [6.07, 6.45) is 0.343. The largest absolute Gasteiger partial charge is 0.342 e. The van der Waals surface area contributed by atoms with Crippen LogP contribution in [0, 0.1) is 17.1 Å². The van der Waals surface area contributed by atoms with Crippen molar-refractivity contribution in [1.29, 1.82) is 5.26 Å². The second kappa shape index (κ2) is 7.20. The van der Waals surface area contributed by atoms with Crippen molar-refractivity contribution in [2.45, 2.75) is 37.8 Å². The maximum Gasteiger partial charge on any atom is 0.246 e. The van der Waals surface area contributed by atoms with E-state index in [2.05, 4.69) is 10.6 Å². The number of rotatable bonds is 4. The van der Waals surface area contributed by atoms with Crippen LogP contribution in [-0.4, -0.2) is 23.4 Å². The zero-order valence-corrected chi connectivity index (χ0v) is 15.1. The molecular weight excluding hydrogens is 345 g/mol. The monoisotopic (exact) mass is 365 g/mol. The molecule has 0 spiro atoms. The fourth-order valence-electron chi connectivity index (χ4n) is 3.52. The first-order valence-electron chi connectivity index (χ1n) is 8.71. The fraction of sp³-hybridized carbons (Fsp3) is 0.286. The molecular formula is C21H20FN3O2. The minimum absolute atomic E-state index is 0.132. The van der Waals surface area contributed by atoms with E-state index in [1.165, 1.54) is 18.2 Å². The first kappa shape index (κ1) is 18.6. The van der Waals surface area contributed by atoms with Gasteiger partial charge in [-0.2, -0.15) is 5.26 Å². The number of benzene rings is 2. The van der Waals surface area contributed by atoms with Crippen LogP contribution >= 0.6 is 0 Å². The summed E-state index contributed by atoms with van der Waals surface area (Å²) < 4.78 is 14.3. The Labute approximate surface area is 157 Å². The van der Waals surface area contributed by atoms with Gasteiger partial charge in [-0.3, -0.25) is 9.59 Å². The van der Waals surface area contributed by atoms with Crippen LogP contribution in [0.5, 0.6) is 0 Å². The van der Waals surface area contributed by atoms with Gasteiger partial charge in [0, 0.05) is 17.9 Å². The molecule has 2 aromatic rings. The third-order valence-electron chi connectivity index (χ3n) is 5.00. The average molecular weight is 365 g/mol. The van der Waals surface area contributed by atoms with Gasteiger partial charge in [-0.25, -0.2) is 4.39 Å². The molecule has 1 fully saturated rings. The van der Waals surface area contributed by atoms with Crippen LogP contribution in [0.1, 0.15) is 36.5 Å². The molecule has 27 heavy (non-hydrogen) atoms. The molecule has 3 atom stereocenters. The van der Waals surface area contributed by atoms with E-state index in [1.807, 2.05) is 36.4 Å². The van der Waals surface area contributed by atoms with Gasteiger partial charge < -0.3 is 10.6 Å². The molecule has 0 aromatic heterocycles. The lowest BCUT2D eigenvalue weighted by molar-refractivity contribution is -0.141. The maximum atomic E-state index is 14.3. The van der Waals surface area contributed by atoms with Crippen molar-refractivity contribution >= 4 is 11.8 Å². The Morgan fingerprint density at radius 3 is 2.56 bits per heavy atom. The summed E-state index contributed by atoms with van der Waals surface area (Å²) in [6.45, 7) is 3.29. The van der Waals surface area contributed by atoms with Gasteiger partial charge in [0.1, 0.15) is 17.4 Å². The van der Waals surface area contributed by atoms with Gasteiger partial charge in [-0.1, -0.05) is 43.3 Å². The number of carbonyl (C=O) groups excluding carboxylic acids is 2. The lowest BCUT2D eigenvalue weighted by Crippen LogP contribution is -2.69. The van der Waals surface area contributed by atoms with Crippen molar-refractivity contribution in [3.63, 3.8) is 0 Å². The molecule has 1 saturated heterocycles. The van der Waals surface area contributed by atoms with E-state index >= 15 is 0 Å².